The van der Waals surface area contributed by atoms with E-state index in [2.05, 4.69) is 41.4 Å². The Morgan fingerprint density at radius 3 is 2.44 bits per heavy atom. The van der Waals surface area contributed by atoms with Crippen molar-refractivity contribution in [2.45, 2.75) is 44.4 Å². The minimum atomic E-state index is -1.02. The maximum atomic E-state index is 11.7. The average molecular weight is 335 g/mol. The van der Waals surface area contributed by atoms with Crippen molar-refractivity contribution in [3.63, 3.8) is 0 Å². The van der Waals surface area contributed by atoms with Gasteiger partial charge in [-0.3, -0.25) is 9.20 Å². The number of carboxylic acid groups (broad SMARTS) is 1. The van der Waals surface area contributed by atoms with E-state index in [1.54, 1.807) is 13.8 Å². The number of aromatic nitrogens is 3. The van der Waals surface area contributed by atoms with E-state index < -0.39 is 11.4 Å². The van der Waals surface area contributed by atoms with Crippen LogP contribution in [0.4, 0.5) is 0 Å². The molecule has 1 aliphatic carbocycles. The van der Waals surface area contributed by atoms with Gasteiger partial charge in [-0.2, -0.15) is 0 Å². The third-order valence-corrected chi connectivity index (χ3v) is 5.42. The van der Waals surface area contributed by atoms with Crippen LogP contribution in [0.3, 0.4) is 0 Å². The molecule has 1 aliphatic rings. The first-order valence-corrected chi connectivity index (χ1v) is 8.51. The number of hydrogen-bond acceptors (Lipinski definition) is 3. The molecule has 0 bridgehead atoms. The predicted molar refractivity (Wildman–Crippen MR) is 94.8 cm³/mol. The van der Waals surface area contributed by atoms with Crippen LogP contribution in [0.5, 0.6) is 0 Å². The molecule has 1 aromatic carbocycles. The Bertz CT molecular complexity index is 966. The lowest BCUT2D eigenvalue weighted by atomic mass is 9.85. The highest BCUT2D eigenvalue weighted by molar-refractivity contribution is 5.83. The maximum absolute atomic E-state index is 11.7. The van der Waals surface area contributed by atoms with Crippen LogP contribution in [0.1, 0.15) is 49.2 Å². The smallest absolute Gasteiger partial charge is 0.313 e. The van der Waals surface area contributed by atoms with Gasteiger partial charge in [-0.1, -0.05) is 35.9 Å². The van der Waals surface area contributed by atoms with E-state index in [9.17, 15) is 9.90 Å². The summed E-state index contributed by atoms with van der Waals surface area (Å²) in [5, 5.41) is 18.4. The summed E-state index contributed by atoms with van der Waals surface area (Å²) in [4.78, 5) is 11.7. The van der Waals surface area contributed by atoms with E-state index in [0.29, 0.717) is 11.2 Å². The van der Waals surface area contributed by atoms with E-state index in [4.69, 9.17) is 0 Å². The zero-order valence-electron chi connectivity index (χ0n) is 14.7. The highest BCUT2D eigenvalue weighted by Crippen LogP contribution is 2.52. The molecule has 1 saturated carbocycles. The number of rotatable bonds is 4. The Balaban J connectivity index is 1.88. The fraction of sp³-hybridized carbons (Fsp3) is 0.350. The van der Waals surface area contributed by atoms with Crippen LogP contribution >= 0.6 is 0 Å². The van der Waals surface area contributed by atoms with Gasteiger partial charge in [-0.15, -0.1) is 10.2 Å². The summed E-state index contributed by atoms with van der Waals surface area (Å²) in [5.74, 6) is 0.0270. The Kier molecular flexibility index (Phi) is 3.26. The minimum absolute atomic E-state index is 0.112. The van der Waals surface area contributed by atoms with Gasteiger partial charge < -0.3 is 5.11 Å². The van der Waals surface area contributed by atoms with Gasteiger partial charge >= 0.3 is 5.97 Å². The van der Waals surface area contributed by atoms with Crippen LogP contribution in [0.15, 0.2) is 42.6 Å². The van der Waals surface area contributed by atoms with Crippen LogP contribution in [-0.4, -0.2) is 25.7 Å². The molecule has 2 aromatic heterocycles. The molecular weight excluding hydrogens is 314 g/mol. The van der Waals surface area contributed by atoms with E-state index in [1.165, 1.54) is 11.1 Å². The molecule has 0 unspecified atom stereocenters. The Morgan fingerprint density at radius 1 is 1.16 bits per heavy atom. The number of carbonyl (C=O) groups is 1. The Hall–Kier alpha value is -2.69. The summed E-state index contributed by atoms with van der Waals surface area (Å²) >= 11 is 0. The van der Waals surface area contributed by atoms with Crippen molar-refractivity contribution in [2.24, 2.45) is 0 Å². The van der Waals surface area contributed by atoms with Crippen molar-refractivity contribution in [2.75, 3.05) is 0 Å². The maximum Gasteiger partial charge on any atom is 0.313 e. The fourth-order valence-electron chi connectivity index (χ4n) is 3.48. The first kappa shape index (κ1) is 15.8. The molecule has 0 radical (unpaired) electrons. The molecule has 5 nitrogen and oxygen atoms in total. The van der Waals surface area contributed by atoms with Crippen molar-refractivity contribution in [1.82, 2.24) is 14.6 Å². The van der Waals surface area contributed by atoms with Crippen molar-refractivity contribution in [1.29, 1.82) is 0 Å². The highest BCUT2D eigenvalue weighted by Gasteiger charge is 2.50. The van der Waals surface area contributed by atoms with Crippen molar-refractivity contribution in [3.05, 3.63) is 65.1 Å². The quantitative estimate of drug-likeness (QED) is 0.792. The zero-order chi connectivity index (χ0) is 17.8. The number of fused-ring (bicyclic) bond motifs is 1. The molecule has 0 amide bonds. The molecule has 0 saturated heterocycles. The average Bonchev–Trinajstić information content (AvgIpc) is 3.27. The SMILES string of the molecule is Cc1ccc(C2(c3nnc4c(C(C)(C)C(=O)O)cccn34)CC2)cc1. The van der Waals surface area contributed by atoms with Crippen LogP contribution in [0, 0.1) is 6.92 Å². The lowest BCUT2D eigenvalue weighted by Crippen LogP contribution is -2.29. The van der Waals surface area contributed by atoms with Crippen LogP contribution in [0.25, 0.3) is 5.65 Å². The second kappa shape index (κ2) is 5.15. The number of hydrogen-bond donors (Lipinski definition) is 1. The van der Waals surface area contributed by atoms with Gasteiger partial charge in [-0.05, 0) is 45.2 Å². The highest BCUT2D eigenvalue weighted by atomic mass is 16.4. The van der Waals surface area contributed by atoms with E-state index in [0.717, 1.165) is 18.7 Å². The summed E-state index contributed by atoms with van der Waals surface area (Å²) in [6.07, 6.45) is 3.99. The third kappa shape index (κ3) is 2.26. The topological polar surface area (TPSA) is 67.5 Å². The molecular formula is C20H21N3O2. The van der Waals surface area contributed by atoms with E-state index in [-0.39, 0.29) is 5.41 Å². The summed E-state index contributed by atoms with van der Waals surface area (Å²) in [7, 11) is 0. The van der Waals surface area contributed by atoms with E-state index in [1.807, 2.05) is 22.7 Å². The lowest BCUT2D eigenvalue weighted by molar-refractivity contribution is -0.142. The van der Waals surface area contributed by atoms with Crippen LogP contribution in [-0.2, 0) is 15.6 Å². The fourth-order valence-corrected chi connectivity index (χ4v) is 3.48. The first-order valence-electron chi connectivity index (χ1n) is 8.51. The summed E-state index contributed by atoms with van der Waals surface area (Å²) in [6, 6.07) is 12.3. The largest absolute Gasteiger partial charge is 0.481 e. The second-order valence-electron chi connectivity index (χ2n) is 7.52. The molecule has 2 heterocycles. The van der Waals surface area contributed by atoms with Gasteiger partial charge in [0.1, 0.15) is 5.82 Å². The number of carboxylic acids is 1. The number of pyridine rings is 1. The molecule has 25 heavy (non-hydrogen) atoms. The molecule has 4 rings (SSSR count). The number of aryl methyl sites for hydroxylation is 1. The minimum Gasteiger partial charge on any atom is -0.481 e. The normalized spacial score (nSPS) is 16.1. The van der Waals surface area contributed by atoms with Gasteiger partial charge in [0.15, 0.2) is 5.65 Å². The number of benzene rings is 1. The van der Waals surface area contributed by atoms with Crippen molar-refractivity contribution < 1.29 is 9.90 Å². The van der Waals surface area contributed by atoms with Crippen LogP contribution in [0.2, 0.25) is 0 Å². The summed E-state index contributed by atoms with van der Waals surface area (Å²) in [5.41, 5.74) is 2.66. The molecule has 1 N–H and O–H groups in total. The van der Waals surface area contributed by atoms with Crippen molar-refractivity contribution >= 4 is 11.6 Å². The summed E-state index contributed by atoms with van der Waals surface area (Å²) in [6.45, 7) is 5.48. The Labute approximate surface area is 146 Å². The van der Waals surface area contributed by atoms with Gasteiger partial charge in [0.2, 0.25) is 0 Å². The lowest BCUT2D eigenvalue weighted by Gasteiger charge is -2.20. The standard InChI is InChI=1S/C20H21N3O2/c1-13-6-8-14(9-7-13)20(10-11-20)17-22-21-16-15(5-4-12-23(16)17)19(2,3)18(24)25/h4-9,12H,10-11H2,1-3H3,(H,24,25). The zero-order valence-corrected chi connectivity index (χ0v) is 14.7. The molecule has 128 valence electrons. The molecule has 3 aromatic rings. The molecule has 0 aliphatic heterocycles. The van der Waals surface area contributed by atoms with E-state index >= 15 is 0 Å². The van der Waals surface area contributed by atoms with Gasteiger partial charge in [0.25, 0.3) is 0 Å². The van der Waals surface area contributed by atoms with Gasteiger partial charge in [-0.25, -0.2) is 0 Å². The summed E-state index contributed by atoms with van der Waals surface area (Å²) < 4.78 is 1.97. The second-order valence-corrected chi connectivity index (χ2v) is 7.52. The first-order chi connectivity index (χ1) is 11.9. The molecule has 0 atom stereocenters. The Morgan fingerprint density at radius 2 is 1.84 bits per heavy atom. The number of aliphatic carboxylic acids is 1. The predicted octanol–water partition coefficient (Wildman–Crippen LogP) is 3.48. The van der Waals surface area contributed by atoms with Gasteiger partial charge in [0, 0.05) is 11.8 Å². The van der Waals surface area contributed by atoms with Crippen molar-refractivity contribution in [3.8, 4) is 0 Å². The monoisotopic (exact) mass is 335 g/mol. The molecule has 0 spiro atoms. The number of nitrogens with zero attached hydrogens (tertiary/aromatic N) is 3. The van der Waals surface area contributed by atoms with Gasteiger partial charge in [0.05, 0.1) is 10.8 Å². The third-order valence-electron chi connectivity index (χ3n) is 5.42. The van der Waals surface area contributed by atoms with Crippen LogP contribution < -0.4 is 0 Å². The molecule has 1 fully saturated rings. The molecule has 5 heteroatoms.